The van der Waals surface area contributed by atoms with Gasteiger partial charge in [-0.1, -0.05) is 0 Å². The number of morpholine rings is 1. The summed E-state index contributed by atoms with van der Waals surface area (Å²) < 4.78 is 45.1. The zero-order valence-corrected chi connectivity index (χ0v) is 14.4. The maximum absolute atomic E-state index is 13.3. The molecule has 1 heterocycles. The van der Waals surface area contributed by atoms with Gasteiger partial charge in [0.15, 0.2) is 0 Å². The molecule has 0 radical (unpaired) electrons. The van der Waals surface area contributed by atoms with Crippen LogP contribution in [-0.4, -0.2) is 55.8 Å². The minimum Gasteiger partial charge on any atom is -0.379 e. The summed E-state index contributed by atoms with van der Waals surface area (Å²) in [5.41, 5.74) is -1.70. The number of nitrogens with zero attached hydrogens (tertiary/aromatic N) is 3. The van der Waals surface area contributed by atoms with Crippen molar-refractivity contribution in [1.82, 2.24) is 4.90 Å². The number of rotatable bonds is 7. The molecule has 1 aromatic rings. The number of hydrogen-bond donors (Lipinski definition) is 0. The van der Waals surface area contributed by atoms with E-state index in [0.717, 1.165) is 44.6 Å². The van der Waals surface area contributed by atoms with E-state index in [1.165, 1.54) is 6.07 Å². The number of hydrogen-bond acceptors (Lipinski definition) is 5. The predicted molar refractivity (Wildman–Crippen MR) is 90.3 cm³/mol. The van der Waals surface area contributed by atoms with Crippen molar-refractivity contribution >= 4 is 11.4 Å². The van der Waals surface area contributed by atoms with Gasteiger partial charge in [-0.3, -0.25) is 15.0 Å². The molecule has 0 bridgehead atoms. The van der Waals surface area contributed by atoms with E-state index in [9.17, 15) is 23.3 Å². The number of ether oxygens (including phenoxy) is 1. The molecule has 1 aromatic carbocycles. The minimum atomic E-state index is -4.76. The van der Waals surface area contributed by atoms with Crippen LogP contribution in [0, 0.1) is 16.0 Å². The van der Waals surface area contributed by atoms with Crippen LogP contribution in [0.15, 0.2) is 18.2 Å². The highest BCUT2D eigenvalue weighted by Crippen LogP contribution is 2.39. The molecule has 0 N–H and O–H groups in total. The third-order valence-electron chi connectivity index (χ3n) is 4.81. The van der Waals surface area contributed by atoms with Gasteiger partial charge in [-0.15, -0.1) is 0 Å². The van der Waals surface area contributed by atoms with Gasteiger partial charge in [0, 0.05) is 44.5 Å². The van der Waals surface area contributed by atoms with Crippen LogP contribution in [0.25, 0.3) is 0 Å². The Balaban J connectivity index is 1.79. The highest BCUT2D eigenvalue weighted by atomic mass is 19.4. The third kappa shape index (κ3) is 4.85. The monoisotopic (exact) mass is 373 g/mol. The van der Waals surface area contributed by atoms with Gasteiger partial charge in [-0.05, 0) is 30.9 Å². The second-order valence-corrected chi connectivity index (χ2v) is 6.80. The van der Waals surface area contributed by atoms with E-state index in [1.54, 1.807) is 0 Å². The van der Waals surface area contributed by atoms with E-state index in [-0.39, 0.29) is 0 Å². The molecule has 3 rings (SSSR count). The average molecular weight is 373 g/mol. The Morgan fingerprint density at radius 3 is 2.54 bits per heavy atom. The van der Waals surface area contributed by atoms with E-state index in [0.29, 0.717) is 37.9 Å². The summed E-state index contributed by atoms with van der Waals surface area (Å²) in [7, 11) is 0. The normalized spacial score (nSPS) is 18.7. The molecule has 0 aromatic heterocycles. The molecular formula is C17H22F3N3O3. The quantitative estimate of drug-likeness (QED) is 0.543. The lowest BCUT2D eigenvalue weighted by atomic mass is 10.1. The molecule has 2 aliphatic rings. The summed E-state index contributed by atoms with van der Waals surface area (Å²) in [4.78, 5) is 14.1. The number of anilines is 1. The largest absolute Gasteiger partial charge is 0.423 e. The highest BCUT2D eigenvalue weighted by molar-refractivity contribution is 5.57. The van der Waals surface area contributed by atoms with Gasteiger partial charge < -0.3 is 9.64 Å². The number of nitro groups is 1. The predicted octanol–water partition coefficient (Wildman–Crippen LogP) is 3.16. The summed E-state index contributed by atoms with van der Waals surface area (Å²) in [5, 5.41) is 10.9. The topological polar surface area (TPSA) is 58.9 Å². The molecule has 9 heteroatoms. The molecule has 6 nitrogen and oxygen atoms in total. The van der Waals surface area contributed by atoms with Crippen molar-refractivity contribution in [2.75, 3.05) is 50.8 Å². The Morgan fingerprint density at radius 1 is 1.27 bits per heavy atom. The van der Waals surface area contributed by atoms with E-state index in [2.05, 4.69) is 4.90 Å². The molecular weight excluding hydrogens is 351 g/mol. The molecule has 0 amide bonds. The second kappa shape index (κ2) is 7.79. The SMILES string of the molecule is O=[N+]([O-])c1ccc(N(CCN2CCOCC2)CC2CC2)cc1C(F)(F)F. The van der Waals surface area contributed by atoms with Crippen molar-refractivity contribution in [2.45, 2.75) is 19.0 Å². The fourth-order valence-electron chi connectivity index (χ4n) is 3.13. The van der Waals surface area contributed by atoms with Crippen LogP contribution in [0.5, 0.6) is 0 Å². The molecule has 144 valence electrons. The van der Waals surface area contributed by atoms with Crippen molar-refractivity contribution in [3.05, 3.63) is 33.9 Å². The van der Waals surface area contributed by atoms with Gasteiger partial charge in [0.1, 0.15) is 5.56 Å². The fraction of sp³-hybridized carbons (Fsp3) is 0.647. The lowest BCUT2D eigenvalue weighted by molar-refractivity contribution is -0.388. The summed E-state index contributed by atoms with van der Waals surface area (Å²) in [5.74, 6) is 0.490. The molecule has 1 saturated carbocycles. The van der Waals surface area contributed by atoms with Crippen molar-refractivity contribution in [3.8, 4) is 0 Å². The van der Waals surface area contributed by atoms with Gasteiger partial charge in [-0.25, -0.2) is 0 Å². The molecule has 0 unspecified atom stereocenters. The van der Waals surface area contributed by atoms with E-state index in [4.69, 9.17) is 4.74 Å². The van der Waals surface area contributed by atoms with Crippen molar-refractivity contribution in [2.24, 2.45) is 5.92 Å². The first-order chi connectivity index (χ1) is 12.3. The van der Waals surface area contributed by atoms with Crippen LogP contribution < -0.4 is 4.90 Å². The van der Waals surface area contributed by atoms with Gasteiger partial charge in [0.25, 0.3) is 5.69 Å². The number of nitro benzene ring substituents is 1. The van der Waals surface area contributed by atoms with E-state index < -0.39 is 22.4 Å². The summed E-state index contributed by atoms with van der Waals surface area (Å²) in [6, 6.07) is 3.31. The van der Waals surface area contributed by atoms with E-state index >= 15 is 0 Å². The molecule has 1 aliphatic carbocycles. The highest BCUT2D eigenvalue weighted by Gasteiger charge is 2.39. The van der Waals surface area contributed by atoms with Crippen LogP contribution in [0.2, 0.25) is 0 Å². The van der Waals surface area contributed by atoms with Crippen molar-refractivity contribution < 1.29 is 22.8 Å². The van der Waals surface area contributed by atoms with E-state index in [1.807, 2.05) is 4.90 Å². The molecule has 0 atom stereocenters. The standard InChI is InChI=1S/C17H22F3N3O3/c18-17(19,20)15-11-14(3-4-16(15)23(24)25)22(12-13-1-2-13)6-5-21-7-9-26-10-8-21/h3-4,11,13H,1-2,5-10,12H2. The molecule has 1 saturated heterocycles. The van der Waals surface area contributed by atoms with Gasteiger partial charge in [-0.2, -0.15) is 13.2 Å². The summed E-state index contributed by atoms with van der Waals surface area (Å²) in [6.07, 6.45) is -2.60. The average Bonchev–Trinajstić information content (AvgIpc) is 3.42. The summed E-state index contributed by atoms with van der Waals surface area (Å²) >= 11 is 0. The van der Waals surface area contributed by atoms with Crippen LogP contribution in [0.1, 0.15) is 18.4 Å². The van der Waals surface area contributed by atoms with Crippen molar-refractivity contribution in [1.29, 1.82) is 0 Å². The molecule has 2 fully saturated rings. The van der Waals surface area contributed by atoms with Crippen LogP contribution >= 0.6 is 0 Å². The zero-order chi connectivity index (χ0) is 18.7. The Kier molecular flexibility index (Phi) is 5.67. The Hall–Kier alpha value is -1.87. The Bertz CT molecular complexity index is 644. The van der Waals surface area contributed by atoms with Crippen LogP contribution in [-0.2, 0) is 10.9 Å². The lowest BCUT2D eigenvalue weighted by Gasteiger charge is -2.31. The second-order valence-electron chi connectivity index (χ2n) is 6.80. The van der Waals surface area contributed by atoms with Crippen molar-refractivity contribution in [3.63, 3.8) is 0 Å². The Labute approximate surface area is 149 Å². The zero-order valence-electron chi connectivity index (χ0n) is 14.4. The molecule has 26 heavy (non-hydrogen) atoms. The first-order valence-corrected chi connectivity index (χ1v) is 8.75. The maximum Gasteiger partial charge on any atom is 0.423 e. The number of benzene rings is 1. The minimum absolute atomic E-state index is 0.392. The van der Waals surface area contributed by atoms with Crippen LogP contribution in [0.4, 0.5) is 24.5 Å². The number of halogens is 3. The fourth-order valence-corrected chi connectivity index (χ4v) is 3.13. The maximum atomic E-state index is 13.3. The number of alkyl halides is 3. The first-order valence-electron chi connectivity index (χ1n) is 8.75. The Morgan fingerprint density at radius 2 is 1.96 bits per heavy atom. The lowest BCUT2D eigenvalue weighted by Crippen LogP contribution is -2.42. The van der Waals surface area contributed by atoms with Gasteiger partial charge in [0.2, 0.25) is 0 Å². The van der Waals surface area contributed by atoms with Gasteiger partial charge >= 0.3 is 6.18 Å². The van der Waals surface area contributed by atoms with Crippen LogP contribution in [0.3, 0.4) is 0 Å². The summed E-state index contributed by atoms with van der Waals surface area (Å²) in [6.45, 7) is 4.95. The molecule has 1 aliphatic heterocycles. The third-order valence-corrected chi connectivity index (χ3v) is 4.81. The van der Waals surface area contributed by atoms with Gasteiger partial charge in [0.05, 0.1) is 18.1 Å². The first kappa shape index (κ1) is 18.9. The smallest absolute Gasteiger partial charge is 0.379 e. The molecule has 0 spiro atoms.